The number of ether oxygens (including phenoxy) is 2. The quantitative estimate of drug-likeness (QED) is 0.120. The number of rotatable bonds is 15. The number of benzene rings is 4. The summed E-state index contributed by atoms with van der Waals surface area (Å²) in [5.41, 5.74) is 0.629. The van der Waals surface area contributed by atoms with Crippen molar-refractivity contribution in [1.29, 1.82) is 0 Å². The Bertz CT molecular complexity index is 1620. The van der Waals surface area contributed by atoms with Gasteiger partial charge in [-0.15, -0.1) is 0 Å². The van der Waals surface area contributed by atoms with Crippen molar-refractivity contribution >= 4 is 22.3 Å². The molecule has 2 amide bonds. The van der Waals surface area contributed by atoms with E-state index in [-0.39, 0.29) is 32.5 Å². The zero-order chi connectivity index (χ0) is 32.8. The molecule has 46 heavy (non-hydrogen) atoms. The second kappa shape index (κ2) is 16.6. The first-order valence-corrected chi connectivity index (χ1v) is 16.5. The summed E-state index contributed by atoms with van der Waals surface area (Å²) < 4.78 is 41.4. The van der Waals surface area contributed by atoms with Gasteiger partial charge in [0.25, 0.3) is 10.1 Å². The van der Waals surface area contributed by atoms with Gasteiger partial charge in [0, 0.05) is 18.9 Å². The normalized spacial score (nSPS) is 13.9. The molecule has 242 valence electrons. The van der Waals surface area contributed by atoms with Crippen molar-refractivity contribution in [2.45, 2.75) is 50.3 Å². The maximum Gasteiger partial charge on any atom is 0.409 e. The van der Waals surface area contributed by atoms with Gasteiger partial charge in [0.1, 0.15) is 19.3 Å². The molecular weight excluding hydrogens is 608 g/mol. The third-order valence-electron chi connectivity index (χ3n) is 7.03. The molecule has 3 atom stereocenters. The van der Waals surface area contributed by atoms with Crippen LogP contribution in [-0.2, 0) is 49.8 Å². The number of carbonyl (C=O) groups is 2. The number of aliphatic hydroxyl groups is 1. The molecular formula is C35H38N2O8S. The van der Waals surface area contributed by atoms with Gasteiger partial charge in [-0.1, -0.05) is 121 Å². The Kier molecular flexibility index (Phi) is 12.3. The monoisotopic (exact) mass is 646 g/mol. The Balaban J connectivity index is 1.61. The summed E-state index contributed by atoms with van der Waals surface area (Å²) >= 11 is 0. The smallest absolute Gasteiger partial charge is 0.409 e. The molecule has 0 fully saturated rings. The first-order chi connectivity index (χ1) is 22.1. The molecule has 11 heteroatoms. The van der Waals surface area contributed by atoms with Crippen LogP contribution in [0.15, 0.2) is 121 Å². The molecule has 0 radical (unpaired) electrons. The van der Waals surface area contributed by atoms with Crippen LogP contribution >= 0.6 is 0 Å². The Morgan fingerprint density at radius 3 is 1.61 bits per heavy atom. The number of alkyl carbamates (subject to hydrolysis) is 2. The third kappa shape index (κ3) is 11.7. The van der Waals surface area contributed by atoms with E-state index in [2.05, 4.69) is 10.6 Å². The number of carbonyl (C=O) groups excluding carboxylic acids is 2. The van der Waals surface area contributed by atoms with Gasteiger partial charge >= 0.3 is 12.2 Å². The minimum Gasteiger partial charge on any atom is -0.445 e. The first-order valence-electron chi connectivity index (χ1n) is 14.7. The van der Waals surface area contributed by atoms with Gasteiger partial charge in [-0.25, -0.2) is 9.59 Å². The highest BCUT2D eigenvalue weighted by Gasteiger charge is 2.43. The number of nitrogens with one attached hydrogen (secondary N) is 2. The molecule has 0 saturated heterocycles. The SMILES string of the molecule is CS(=O)(=O)O[C@H](C[C@H](Cc1ccccc1)NC(=O)OCc1ccccc1)[C@@](O)(Cc1ccccc1)NC(=O)OCc1ccccc1. The molecule has 4 aromatic rings. The summed E-state index contributed by atoms with van der Waals surface area (Å²) in [5.74, 6) is 0. The maximum absolute atomic E-state index is 13.1. The van der Waals surface area contributed by atoms with Crippen LogP contribution in [0.25, 0.3) is 0 Å². The van der Waals surface area contributed by atoms with E-state index >= 15 is 0 Å². The predicted molar refractivity (Wildman–Crippen MR) is 173 cm³/mol. The molecule has 0 unspecified atom stereocenters. The van der Waals surface area contributed by atoms with Crippen LogP contribution in [0.4, 0.5) is 9.59 Å². The van der Waals surface area contributed by atoms with Crippen molar-refractivity contribution in [1.82, 2.24) is 10.6 Å². The fraction of sp³-hybridized carbons (Fsp3) is 0.257. The Morgan fingerprint density at radius 2 is 1.13 bits per heavy atom. The zero-order valence-corrected chi connectivity index (χ0v) is 26.3. The summed E-state index contributed by atoms with van der Waals surface area (Å²) in [7, 11) is -4.18. The molecule has 3 N–H and O–H groups in total. The van der Waals surface area contributed by atoms with Crippen LogP contribution in [-0.4, -0.2) is 49.8 Å². The lowest BCUT2D eigenvalue weighted by atomic mass is 9.91. The van der Waals surface area contributed by atoms with Gasteiger partial charge in [-0.2, -0.15) is 8.42 Å². The minimum atomic E-state index is -4.18. The Hall–Kier alpha value is -4.71. The van der Waals surface area contributed by atoms with Crippen LogP contribution < -0.4 is 10.6 Å². The van der Waals surface area contributed by atoms with Crippen LogP contribution in [0.5, 0.6) is 0 Å². The van der Waals surface area contributed by atoms with Crippen LogP contribution in [0.3, 0.4) is 0 Å². The van der Waals surface area contributed by atoms with Crippen molar-refractivity contribution in [3.05, 3.63) is 144 Å². The van der Waals surface area contributed by atoms with E-state index in [1.54, 1.807) is 54.6 Å². The zero-order valence-electron chi connectivity index (χ0n) is 25.5. The largest absolute Gasteiger partial charge is 0.445 e. The van der Waals surface area contributed by atoms with Crippen molar-refractivity contribution in [2.75, 3.05) is 6.26 Å². The van der Waals surface area contributed by atoms with Gasteiger partial charge in [0.2, 0.25) is 0 Å². The summed E-state index contributed by atoms with van der Waals surface area (Å²) in [6, 6.07) is 35.3. The average Bonchev–Trinajstić information content (AvgIpc) is 3.04. The summed E-state index contributed by atoms with van der Waals surface area (Å²) in [6.07, 6.45) is -2.66. The number of amides is 2. The first kappa shape index (κ1) is 34.2. The topological polar surface area (TPSA) is 140 Å². The van der Waals surface area contributed by atoms with Gasteiger partial charge in [0.05, 0.1) is 6.26 Å². The van der Waals surface area contributed by atoms with Gasteiger partial charge in [0.15, 0.2) is 5.72 Å². The number of hydrogen-bond donors (Lipinski definition) is 3. The van der Waals surface area contributed by atoms with Crippen molar-refractivity contribution in [3.8, 4) is 0 Å². The fourth-order valence-corrected chi connectivity index (χ4v) is 5.55. The van der Waals surface area contributed by atoms with Crippen LogP contribution in [0.1, 0.15) is 28.7 Å². The Labute approximate surface area is 269 Å². The molecule has 0 bridgehead atoms. The van der Waals surface area contributed by atoms with E-state index in [9.17, 15) is 23.1 Å². The number of hydrogen-bond acceptors (Lipinski definition) is 8. The van der Waals surface area contributed by atoms with Crippen LogP contribution in [0.2, 0.25) is 0 Å². The van der Waals surface area contributed by atoms with E-state index in [1.165, 1.54) is 0 Å². The lowest BCUT2D eigenvalue weighted by Gasteiger charge is -2.37. The summed E-state index contributed by atoms with van der Waals surface area (Å²) in [4.78, 5) is 26.1. The molecule has 4 aromatic carbocycles. The molecule has 0 aromatic heterocycles. The summed E-state index contributed by atoms with van der Waals surface area (Å²) in [6.45, 7) is -0.0715. The lowest BCUT2D eigenvalue weighted by Crippen LogP contribution is -2.61. The molecule has 0 heterocycles. The summed E-state index contributed by atoms with van der Waals surface area (Å²) in [5, 5.41) is 17.4. The third-order valence-corrected chi connectivity index (χ3v) is 7.61. The predicted octanol–water partition coefficient (Wildman–Crippen LogP) is 5.12. The Morgan fingerprint density at radius 1 is 0.696 bits per heavy atom. The molecule has 4 rings (SSSR count). The van der Waals surface area contributed by atoms with Gasteiger partial charge in [-0.3, -0.25) is 9.50 Å². The van der Waals surface area contributed by atoms with Gasteiger partial charge in [-0.05, 0) is 28.7 Å². The molecule has 0 saturated carbocycles. The lowest BCUT2D eigenvalue weighted by molar-refractivity contribution is -0.0865. The highest BCUT2D eigenvalue weighted by atomic mass is 32.2. The maximum atomic E-state index is 13.1. The van der Waals surface area contributed by atoms with Crippen LogP contribution in [0, 0.1) is 0 Å². The minimum absolute atomic E-state index is 0.0146. The second-order valence-electron chi connectivity index (χ2n) is 10.9. The highest BCUT2D eigenvalue weighted by Crippen LogP contribution is 2.25. The molecule has 10 nitrogen and oxygen atoms in total. The van der Waals surface area contributed by atoms with E-state index in [0.717, 1.165) is 17.4 Å². The molecule has 0 spiro atoms. The van der Waals surface area contributed by atoms with E-state index in [4.69, 9.17) is 13.7 Å². The second-order valence-corrected chi connectivity index (χ2v) is 12.5. The van der Waals surface area contributed by atoms with Crippen molar-refractivity contribution in [2.24, 2.45) is 0 Å². The molecule has 0 aliphatic carbocycles. The van der Waals surface area contributed by atoms with Gasteiger partial charge < -0.3 is 19.9 Å². The highest BCUT2D eigenvalue weighted by molar-refractivity contribution is 7.86. The van der Waals surface area contributed by atoms with E-state index < -0.39 is 40.2 Å². The standard InChI is InChI=1S/C35H38N2O8S/c1-46(41,42)45-32(23-31(22-27-14-6-2-7-15-27)36-33(38)43-25-29-18-10-4-11-19-29)35(40,24-28-16-8-3-9-17-28)37-34(39)44-26-30-20-12-5-13-21-30/h2-21,31-32,40H,22-26H2,1H3,(H,36,38)(H,37,39)/t31-,32+,35-/m0/s1. The van der Waals surface area contributed by atoms with Crippen molar-refractivity contribution in [3.63, 3.8) is 0 Å². The molecule has 0 aliphatic heterocycles. The molecule has 0 aliphatic rings. The van der Waals surface area contributed by atoms with E-state index in [1.807, 2.05) is 66.7 Å². The van der Waals surface area contributed by atoms with Crippen molar-refractivity contribution < 1.29 is 36.8 Å². The van der Waals surface area contributed by atoms with E-state index in [0.29, 0.717) is 11.1 Å². The average molecular weight is 647 g/mol. The fourth-order valence-electron chi connectivity index (χ4n) is 4.89.